The van der Waals surface area contributed by atoms with Crippen molar-refractivity contribution in [3.05, 3.63) is 54.6 Å². The van der Waals surface area contributed by atoms with E-state index in [2.05, 4.69) is 6.58 Å². The van der Waals surface area contributed by atoms with Gasteiger partial charge in [0, 0.05) is 17.7 Å². The maximum atomic E-state index is 11.2. The number of hydrogen-bond acceptors (Lipinski definition) is 3. The van der Waals surface area contributed by atoms with Crippen LogP contribution < -0.4 is 0 Å². The Morgan fingerprint density at radius 3 is 2.60 bits per heavy atom. The molecule has 2 rings (SSSR count). The summed E-state index contributed by atoms with van der Waals surface area (Å²) in [7, 11) is -4.36. The minimum absolute atomic E-state index is 0.360. The lowest BCUT2D eigenvalue weighted by atomic mass is 9.81. The van der Waals surface area contributed by atoms with Crippen molar-refractivity contribution in [1.29, 1.82) is 0 Å². The summed E-state index contributed by atoms with van der Waals surface area (Å²) in [6, 6.07) is 7.52. The van der Waals surface area contributed by atoms with Gasteiger partial charge in [0.1, 0.15) is 0 Å². The first kappa shape index (κ1) is 14.7. The maximum Gasteiger partial charge on any atom is 0.237 e. The quantitative estimate of drug-likeness (QED) is 0.486. The normalized spacial score (nSPS) is 17.6. The van der Waals surface area contributed by atoms with E-state index in [-0.39, 0.29) is 5.41 Å². The smallest absolute Gasteiger partial charge is 0.237 e. The molecule has 106 valence electrons. The highest BCUT2D eigenvalue weighted by Gasteiger charge is 2.44. The Bertz CT molecular complexity index is 712. The Kier molecular flexibility index (Phi) is 3.67. The van der Waals surface area contributed by atoms with Gasteiger partial charge in [-0.1, -0.05) is 36.9 Å². The van der Waals surface area contributed by atoms with E-state index in [1.807, 2.05) is 38.1 Å². The van der Waals surface area contributed by atoms with E-state index in [4.69, 9.17) is 0 Å². The zero-order valence-corrected chi connectivity index (χ0v) is 12.4. The number of fused-ring (bicyclic) bond motifs is 1. The highest BCUT2D eigenvalue weighted by Crippen LogP contribution is 2.39. The lowest BCUT2D eigenvalue weighted by Crippen LogP contribution is -2.29. The molecule has 5 heteroatoms. The third-order valence-electron chi connectivity index (χ3n) is 3.48. The highest BCUT2D eigenvalue weighted by molar-refractivity contribution is 7.85. The molecule has 0 bridgehead atoms. The molecule has 0 saturated heterocycles. The van der Waals surface area contributed by atoms with Crippen molar-refractivity contribution >= 4 is 21.5 Å². The zero-order valence-electron chi connectivity index (χ0n) is 11.5. The van der Waals surface area contributed by atoms with E-state index >= 15 is 0 Å². The molecule has 0 spiro atoms. The minimum atomic E-state index is -4.36. The van der Waals surface area contributed by atoms with Gasteiger partial charge in [0.25, 0.3) is 0 Å². The van der Waals surface area contributed by atoms with Crippen LogP contribution in [0.4, 0.5) is 5.69 Å². The summed E-state index contributed by atoms with van der Waals surface area (Å²) in [4.78, 5) is 0. The Morgan fingerprint density at radius 2 is 2.00 bits per heavy atom. The van der Waals surface area contributed by atoms with Gasteiger partial charge in [0.15, 0.2) is 15.8 Å². The first-order chi connectivity index (χ1) is 9.27. The molecule has 0 aromatic heterocycles. The van der Waals surface area contributed by atoms with Gasteiger partial charge in [-0.25, -0.2) is 8.42 Å². The molecule has 1 aromatic rings. The van der Waals surface area contributed by atoms with Crippen LogP contribution in [0, 0.1) is 0 Å². The molecule has 1 aliphatic heterocycles. The van der Waals surface area contributed by atoms with Gasteiger partial charge in [-0.05, 0) is 13.8 Å². The predicted molar refractivity (Wildman–Crippen MR) is 78.3 cm³/mol. The van der Waals surface area contributed by atoms with E-state index in [0.29, 0.717) is 0 Å². The van der Waals surface area contributed by atoms with E-state index in [0.717, 1.165) is 17.0 Å². The molecule has 0 atom stereocenters. The van der Waals surface area contributed by atoms with E-state index < -0.39 is 16.0 Å². The molecule has 0 aliphatic carbocycles. The summed E-state index contributed by atoms with van der Waals surface area (Å²) < 4.78 is 35.1. The third kappa shape index (κ3) is 2.59. The van der Waals surface area contributed by atoms with Crippen LogP contribution in [0.2, 0.25) is 0 Å². The molecule has 0 amide bonds. The fourth-order valence-electron chi connectivity index (χ4n) is 2.60. The number of rotatable bonds is 4. The van der Waals surface area contributed by atoms with E-state index in [1.165, 1.54) is 0 Å². The fourth-order valence-corrected chi connectivity index (χ4v) is 3.19. The molecule has 1 heterocycles. The molecule has 0 N–H and O–H groups in total. The van der Waals surface area contributed by atoms with Crippen LogP contribution in [0.5, 0.6) is 0 Å². The number of benzene rings is 1. The summed E-state index contributed by atoms with van der Waals surface area (Å²) in [5, 5.41) is 0. The average molecular weight is 291 g/mol. The molecule has 4 nitrogen and oxygen atoms in total. The largest absolute Gasteiger partial charge is 0.743 e. The van der Waals surface area contributed by atoms with Crippen LogP contribution >= 0.6 is 0 Å². The molecule has 20 heavy (non-hydrogen) atoms. The SMILES string of the molecule is C=CC=CC1=[N+](CS(=O)(=O)[O-])c2ccccc2C1(C)C. The zero-order chi connectivity index (χ0) is 15.0. The van der Waals surface area contributed by atoms with Gasteiger partial charge >= 0.3 is 0 Å². The van der Waals surface area contributed by atoms with Crippen LogP contribution in [0.1, 0.15) is 19.4 Å². The van der Waals surface area contributed by atoms with Gasteiger partial charge < -0.3 is 4.55 Å². The van der Waals surface area contributed by atoms with Crippen molar-refractivity contribution in [2.75, 3.05) is 5.88 Å². The van der Waals surface area contributed by atoms with Gasteiger partial charge in [-0.2, -0.15) is 4.58 Å². The van der Waals surface area contributed by atoms with Crippen LogP contribution in [0.25, 0.3) is 0 Å². The van der Waals surface area contributed by atoms with Gasteiger partial charge in [-0.3, -0.25) is 0 Å². The monoisotopic (exact) mass is 291 g/mol. The van der Waals surface area contributed by atoms with Crippen molar-refractivity contribution in [3.63, 3.8) is 0 Å². The van der Waals surface area contributed by atoms with Crippen molar-refractivity contribution in [1.82, 2.24) is 0 Å². The Morgan fingerprint density at radius 1 is 1.35 bits per heavy atom. The van der Waals surface area contributed by atoms with Crippen LogP contribution in [0.15, 0.2) is 49.1 Å². The second-order valence-electron chi connectivity index (χ2n) is 5.24. The maximum absolute atomic E-state index is 11.2. The minimum Gasteiger partial charge on any atom is -0.743 e. The lowest BCUT2D eigenvalue weighted by molar-refractivity contribution is -0.416. The first-order valence-electron chi connectivity index (χ1n) is 6.24. The molecule has 0 saturated carbocycles. The summed E-state index contributed by atoms with van der Waals surface area (Å²) in [6.07, 6.45) is 5.17. The standard InChI is InChI=1S/C15H17NO3S/c1-4-5-10-14-15(2,3)12-8-6-7-9-13(12)16(14)11-20(17,18)19/h4-10H,1,11H2,2-3H3. The van der Waals surface area contributed by atoms with Crippen LogP contribution in [0.3, 0.4) is 0 Å². The number of hydrogen-bond donors (Lipinski definition) is 0. The average Bonchev–Trinajstić information content (AvgIpc) is 2.55. The van der Waals surface area contributed by atoms with E-state index in [1.54, 1.807) is 22.8 Å². The topological polar surface area (TPSA) is 60.2 Å². The number of nitrogens with zero attached hydrogens (tertiary/aromatic N) is 1. The third-order valence-corrected chi connectivity index (χ3v) is 4.05. The molecule has 1 aliphatic rings. The first-order valence-corrected chi connectivity index (χ1v) is 7.82. The molecule has 0 unspecified atom stereocenters. The summed E-state index contributed by atoms with van der Waals surface area (Å²) in [6.45, 7) is 7.63. The van der Waals surface area contributed by atoms with Crippen LogP contribution in [-0.2, 0) is 15.5 Å². The van der Waals surface area contributed by atoms with E-state index in [9.17, 15) is 13.0 Å². The predicted octanol–water partition coefficient (Wildman–Crippen LogP) is 2.31. The van der Waals surface area contributed by atoms with Crippen molar-refractivity contribution < 1.29 is 17.5 Å². The molecule has 0 fully saturated rings. The fraction of sp³-hybridized carbons (Fsp3) is 0.267. The summed E-state index contributed by atoms with van der Waals surface area (Å²) in [5.74, 6) is -0.565. The van der Waals surface area contributed by atoms with Crippen molar-refractivity contribution in [3.8, 4) is 0 Å². The highest BCUT2D eigenvalue weighted by atomic mass is 32.2. The molecular weight excluding hydrogens is 274 g/mol. The number of allylic oxidation sites excluding steroid dienone is 3. The molecular formula is C15H17NO3S. The summed E-state index contributed by atoms with van der Waals surface area (Å²) in [5.41, 5.74) is 2.19. The second kappa shape index (κ2) is 5.00. The van der Waals surface area contributed by atoms with Gasteiger partial charge in [0.2, 0.25) is 11.6 Å². The van der Waals surface area contributed by atoms with Crippen LogP contribution in [-0.4, -0.2) is 29.1 Å². The Labute approximate surface area is 119 Å². The number of para-hydroxylation sites is 1. The van der Waals surface area contributed by atoms with Gasteiger partial charge in [0.05, 0.1) is 5.41 Å². The van der Waals surface area contributed by atoms with Crippen molar-refractivity contribution in [2.24, 2.45) is 0 Å². The van der Waals surface area contributed by atoms with Gasteiger partial charge in [-0.15, -0.1) is 0 Å². The van der Waals surface area contributed by atoms with Crippen molar-refractivity contribution in [2.45, 2.75) is 19.3 Å². The Hall–Kier alpha value is -1.72. The Balaban J connectivity index is 2.69. The lowest BCUT2D eigenvalue weighted by Gasteiger charge is -2.15. The molecule has 1 aromatic carbocycles. The second-order valence-corrected chi connectivity index (χ2v) is 6.61. The molecule has 0 radical (unpaired) electrons. The summed E-state index contributed by atoms with van der Waals surface area (Å²) >= 11 is 0.